The topological polar surface area (TPSA) is 12.4 Å². The molecule has 1 rings (SSSR count). The molecule has 0 aliphatic rings. The Balaban J connectivity index is 2.73. The van der Waals surface area contributed by atoms with Crippen molar-refractivity contribution < 1.29 is 0 Å². The normalized spacial score (nSPS) is 14.3. The van der Waals surface area contributed by atoms with Gasteiger partial charge in [0.05, 0.1) is 6.54 Å². The Morgan fingerprint density at radius 3 is 2.12 bits per heavy atom. The van der Waals surface area contributed by atoms with E-state index in [1.165, 1.54) is 27.8 Å². The fraction of sp³-hybridized carbons (Fsp3) is 0.348. The quantitative estimate of drug-likeness (QED) is 0.414. The number of hydrogen-bond donors (Lipinski definition) is 0. The Kier molecular flexibility index (Phi) is 7.64. The zero-order valence-corrected chi connectivity index (χ0v) is 16.1. The van der Waals surface area contributed by atoms with Crippen molar-refractivity contribution in [3.63, 3.8) is 0 Å². The van der Waals surface area contributed by atoms with Crippen LogP contribution in [0.3, 0.4) is 0 Å². The Morgan fingerprint density at radius 1 is 1.04 bits per heavy atom. The molecule has 0 atom stereocenters. The lowest BCUT2D eigenvalue weighted by Gasteiger charge is -2.18. The molecule has 1 nitrogen and oxygen atoms in total. The van der Waals surface area contributed by atoms with Gasteiger partial charge in [0.2, 0.25) is 0 Å². The summed E-state index contributed by atoms with van der Waals surface area (Å²) in [6.07, 6.45) is 9.94. The summed E-state index contributed by atoms with van der Waals surface area (Å²) in [6, 6.07) is 8.74. The number of rotatable bonds is 6. The summed E-state index contributed by atoms with van der Waals surface area (Å²) in [4.78, 5) is 4.53. The highest BCUT2D eigenvalue weighted by Crippen LogP contribution is 2.22. The highest BCUT2D eigenvalue weighted by atomic mass is 14.7. The van der Waals surface area contributed by atoms with Gasteiger partial charge in [0, 0.05) is 6.21 Å². The minimum atomic E-state index is 0.196. The van der Waals surface area contributed by atoms with Gasteiger partial charge in [-0.1, -0.05) is 69.8 Å². The van der Waals surface area contributed by atoms with E-state index < -0.39 is 0 Å². The van der Waals surface area contributed by atoms with Crippen LogP contribution in [0.5, 0.6) is 0 Å². The van der Waals surface area contributed by atoms with Crippen LogP contribution >= 0.6 is 0 Å². The molecule has 0 spiro atoms. The lowest BCUT2D eigenvalue weighted by Crippen LogP contribution is -2.10. The Bertz CT molecular complexity index is 659. The smallest absolute Gasteiger partial charge is 0.0639 e. The van der Waals surface area contributed by atoms with Crippen molar-refractivity contribution in [1.29, 1.82) is 0 Å². The Labute approximate surface area is 148 Å². The largest absolute Gasteiger partial charge is 0.288 e. The first-order valence-corrected chi connectivity index (χ1v) is 8.52. The van der Waals surface area contributed by atoms with Crippen molar-refractivity contribution >= 4 is 6.21 Å². The van der Waals surface area contributed by atoms with Crippen molar-refractivity contribution in [3.8, 4) is 0 Å². The number of hydrogen-bond acceptors (Lipinski definition) is 1. The Morgan fingerprint density at radius 2 is 1.62 bits per heavy atom. The fourth-order valence-corrected chi connectivity index (χ4v) is 2.56. The first-order valence-electron chi connectivity index (χ1n) is 8.52. The van der Waals surface area contributed by atoms with Crippen LogP contribution in [0.4, 0.5) is 0 Å². The second kappa shape index (κ2) is 9.22. The second-order valence-electron chi connectivity index (χ2n) is 7.07. The van der Waals surface area contributed by atoms with E-state index in [9.17, 15) is 0 Å². The van der Waals surface area contributed by atoms with Gasteiger partial charge in [0.1, 0.15) is 0 Å². The molecular weight excluding hydrogens is 290 g/mol. The van der Waals surface area contributed by atoms with Crippen LogP contribution in [-0.2, 0) is 12.0 Å². The van der Waals surface area contributed by atoms with Crippen molar-refractivity contribution in [2.45, 2.75) is 53.5 Å². The van der Waals surface area contributed by atoms with Gasteiger partial charge in [-0.2, -0.15) is 0 Å². The van der Waals surface area contributed by atoms with Gasteiger partial charge in [0.15, 0.2) is 0 Å². The number of allylic oxidation sites excluding steroid dienone is 7. The summed E-state index contributed by atoms with van der Waals surface area (Å²) in [5.41, 5.74) is 6.44. The summed E-state index contributed by atoms with van der Waals surface area (Å²) in [5.74, 6) is 0. The van der Waals surface area contributed by atoms with Crippen LogP contribution in [-0.4, -0.2) is 6.21 Å². The molecule has 0 amide bonds. The third-order valence-corrected chi connectivity index (χ3v) is 4.03. The first kappa shape index (κ1) is 19.9. The van der Waals surface area contributed by atoms with Gasteiger partial charge >= 0.3 is 0 Å². The zero-order chi connectivity index (χ0) is 18.2. The van der Waals surface area contributed by atoms with E-state index in [0.717, 1.165) is 0 Å². The summed E-state index contributed by atoms with van der Waals surface area (Å²) in [7, 11) is 0. The van der Waals surface area contributed by atoms with Gasteiger partial charge in [-0.15, -0.1) is 0 Å². The molecule has 0 unspecified atom stereocenters. The lowest BCUT2D eigenvalue weighted by atomic mass is 9.87. The summed E-state index contributed by atoms with van der Waals surface area (Å²) < 4.78 is 0. The molecule has 128 valence electrons. The first-order chi connectivity index (χ1) is 11.3. The average molecular weight is 322 g/mol. The van der Waals surface area contributed by atoms with E-state index in [1.807, 2.05) is 18.4 Å². The Hall–Kier alpha value is -2.15. The SMILES string of the molecule is C=C/C=C(C)/C(=C/C)C(/C)=C\C=N/Cc1ccc(C(C)(C)C)cc1. The molecule has 1 aromatic carbocycles. The predicted octanol–water partition coefficient (Wildman–Crippen LogP) is 6.58. The van der Waals surface area contributed by atoms with Gasteiger partial charge in [0.25, 0.3) is 0 Å². The summed E-state index contributed by atoms with van der Waals surface area (Å²) in [6.45, 7) is 17.4. The number of aliphatic imine (C=N–C) groups is 1. The highest BCUT2D eigenvalue weighted by molar-refractivity contribution is 5.74. The molecule has 0 aromatic heterocycles. The van der Waals surface area contributed by atoms with Crippen LogP contribution in [0.1, 0.15) is 52.7 Å². The third-order valence-electron chi connectivity index (χ3n) is 4.03. The van der Waals surface area contributed by atoms with Crippen molar-refractivity contribution in [3.05, 3.63) is 83.0 Å². The van der Waals surface area contributed by atoms with E-state index in [0.29, 0.717) is 6.54 Å². The standard InChI is InChI=1S/C23H31N/c1-8-10-18(3)22(9-2)19(4)15-16-24-17-20-11-13-21(14-12-20)23(5,6)7/h8-16H,1,17H2,2-7H3/b18-10+,19-15-,22-9-,24-16-. The number of benzene rings is 1. The van der Waals surface area contributed by atoms with Crippen LogP contribution in [0.2, 0.25) is 0 Å². The molecule has 0 heterocycles. The van der Waals surface area contributed by atoms with Crippen LogP contribution in [0.15, 0.2) is 76.9 Å². The van der Waals surface area contributed by atoms with E-state index in [1.54, 1.807) is 0 Å². The van der Waals surface area contributed by atoms with E-state index >= 15 is 0 Å². The van der Waals surface area contributed by atoms with E-state index in [-0.39, 0.29) is 5.41 Å². The minimum Gasteiger partial charge on any atom is -0.288 e. The fourth-order valence-electron chi connectivity index (χ4n) is 2.56. The molecule has 0 fully saturated rings. The highest BCUT2D eigenvalue weighted by Gasteiger charge is 2.12. The molecule has 0 N–H and O–H groups in total. The molecule has 0 saturated heterocycles. The zero-order valence-electron chi connectivity index (χ0n) is 16.1. The molecule has 0 saturated carbocycles. The van der Waals surface area contributed by atoms with Crippen molar-refractivity contribution in [2.24, 2.45) is 4.99 Å². The van der Waals surface area contributed by atoms with Crippen molar-refractivity contribution in [2.75, 3.05) is 0 Å². The van der Waals surface area contributed by atoms with Gasteiger partial charge < -0.3 is 0 Å². The van der Waals surface area contributed by atoms with Crippen molar-refractivity contribution in [1.82, 2.24) is 0 Å². The minimum absolute atomic E-state index is 0.196. The molecule has 0 aliphatic carbocycles. The number of nitrogens with zero attached hydrogens (tertiary/aromatic N) is 1. The average Bonchev–Trinajstić information content (AvgIpc) is 2.52. The summed E-state index contributed by atoms with van der Waals surface area (Å²) >= 11 is 0. The maximum atomic E-state index is 4.53. The molecular formula is C23H31N. The molecule has 24 heavy (non-hydrogen) atoms. The van der Waals surface area contributed by atoms with E-state index in [4.69, 9.17) is 0 Å². The van der Waals surface area contributed by atoms with Gasteiger partial charge in [-0.3, -0.25) is 4.99 Å². The lowest BCUT2D eigenvalue weighted by molar-refractivity contribution is 0.590. The van der Waals surface area contributed by atoms with Gasteiger partial charge in [-0.05, 0) is 60.1 Å². The predicted molar refractivity (Wildman–Crippen MR) is 109 cm³/mol. The van der Waals surface area contributed by atoms with Crippen LogP contribution < -0.4 is 0 Å². The molecule has 0 aliphatic heterocycles. The monoisotopic (exact) mass is 321 g/mol. The molecule has 1 heteroatoms. The van der Waals surface area contributed by atoms with Crippen LogP contribution in [0.25, 0.3) is 0 Å². The molecule has 0 radical (unpaired) electrons. The molecule has 0 bridgehead atoms. The van der Waals surface area contributed by atoms with Gasteiger partial charge in [-0.25, -0.2) is 0 Å². The maximum Gasteiger partial charge on any atom is 0.0639 e. The maximum absolute atomic E-state index is 4.53. The molecule has 1 aromatic rings. The van der Waals surface area contributed by atoms with E-state index in [2.05, 4.69) is 89.5 Å². The second-order valence-corrected chi connectivity index (χ2v) is 7.07. The third kappa shape index (κ3) is 6.16. The summed E-state index contributed by atoms with van der Waals surface area (Å²) in [5, 5.41) is 0. The van der Waals surface area contributed by atoms with Crippen LogP contribution in [0, 0.1) is 0 Å².